The Kier molecular flexibility index (Phi) is 3.41. The Balaban J connectivity index is 2.67. The van der Waals surface area contributed by atoms with Crippen molar-refractivity contribution in [2.24, 2.45) is 0 Å². The lowest BCUT2D eigenvalue weighted by Gasteiger charge is -2.27. The van der Waals surface area contributed by atoms with E-state index in [0.29, 0.717) is 0 Å². The van der Waals surface area contributed by atoms with Crippen molar-refractivity contribution in [3.63, 3.8) is 0 Å². The predicted octanol–water partition coefficient (Wildman–Crippen LogP) is 2.54. The van der Waals surface area contributed by atoms with Crippen molar-refractivity contribution in [2.75, 3.05) is 0 Å². The van der Waals surface area contributed by atoms with Crippen LogP contribution in [0.1, 0.15) is 41.0 Å². The lowest BCUT2D eigenvalue weighted by Crippen LogP contribution is -2.32. The average molecular weight is 232 g/mol. The van der Waals surface area contributed by atoms with Gasteiger partial charge in [-0.1, -0.05) is 0 Å². The maximum absolute atomic E-state index is 10.8. The van der Waals surface area contributed by atoms with Crippen LogP contribution in [-0.2, 0) is 9.53 Å². The zero-order valence-corrected chi connectivity index (χ0v) is 10.9. The topological polar surface area (TPSA) is 46.5 Å². The Labute approximate surface area is 95.6 Å². The van der Waals surface area contributed by atoms with E-state index < -0.39 is 5.97 Å². The minimum absolute atomic E-state index is 0.139. The number of carboxylic acids is 1. The second-order valence-electron chi connectivity index (χ2n) is 5.27. The van der Waals surface area contributed by atoms with Gasteiger partial charge in [0.05, 0.1) is 16.5 Å². The van der Waals surface area contributed by atoms with Crippen molar-refractivity contribution >= 4 is 17.7 Å². The minimum Gasteiger partial charge on any atom is -0.480 e. The van der Waals surface area contributed by atoms with Gasteiger partial charge < -0.3 is 9.84 Å². The van der Waals surface area contributed by atoms with Crippen molar-refractivity contribution in [1.29, 1.82) is 0 Å². The molecule has 3 nitrogen and oxygen atoms in total. The molecule has 0 radical (unpaired) electrons. The number of carboxylic acid groups (broad SMARTS) is 1. The van der Waals surface area contributed by atoms with E-state index >= 15 is 0 Å². The van der Waals surface area contributed by atoms with Gasteiger partial charge in [-0.2, -0.15) is 0 Å². The van der Waals surface area contributed by atoms with Crippen LogP contribution in [0.5, 0.6) is 0 Å². The van der Waals surface area contributed by atoms with Crippen LogP contribution in [0.2, 0.25) is 0 Å². The van der Waals surface area contributed by atoms with E-state index in [4.69, 9.17) is 9.84 Å². The first-order valence-corrected chi connectivity index (χ1v) is 6.17. The standard InChI is InChI=1S/C11H20O3S/c1-7(9(12)13)15-8-6-10(2,3)14-11(8,4)5/h7-8H,6H2,1-5H3,(H,12,13). The number of carbonyl (C=O) groups is 1. The molecule has 4 heteroatoms. The summed E-state index contributed by atoms with van der Waals surface area (Å²) in [5, 5.41) is 8.76. The Hall–Kier alpha value is -0.220. The fourth-order valence-electron chi connectivity index (χ4n) is 2.03. The zero-order chi connectivity index (χ0) is 11.9. The smallest absolute Gasteiger partial charge is 0.316 e. The predicted molar refractivity (Wildman–Crippen MR) is 62.3 cm³/mol. The van der Waals surface area contributed by atoms with Gasteiger partial charge in [0.2, 0.25) is 0 Å². The molecule has 0 aromatic heterocycles. The van der Waals surface area contributed by atoms with Crippen molar-refractivity contribution in [3.8, 4) is 0 Å². The molecule has 0 aromatic carbocycles. The van der Waals surface area contributed by atoms with E-state index in [1.54, 1.807) is 6.92 Å². The zero-order valence-electron chi connectivity index (χ0n) is 10.0. The summed E-state index contributed by atoms with van der Waals surface area (Å²) in [7, 11) is 0. The van der Waals surface area contributed by atoms with Gasteiger partial charge in [-0.3, -0.25) is 4.79 Å². The molecule has 0 spiro atoms. The highest BCUT2D eigenvalue weighted by atomic mass is 32.2. The van der Waals surface area contributed by atoms with Crippen LogP contribution in [0.3, 0.4) is 0 Å². The third kappa shape index (κ3) is 3.11. The van der Waals surface area contributed by atoms with Gasteiger partial charge in [-0.15, -0.1) is 11.8 Å². The summed E-state index contributed by atoms with van der Waals surface area (Å²) in [4.78, 5) is 10.8. The van der Waals surface area contributed by atoms with Crippen molar-refractivity contribution in [3.05, 3.63) is 0 Å². The number of aliphatic carboxylic acids is 1. The number of hydrogen-bond acceptors (Lipinski definition) is 3. The minimum atomic E-state index is -0.750. The molecule has 0 aromatic rings. The lowest BCUT2D eigenvalue weighted by atomic mass is 10.0. The first kappa shape index (κ1) is 12.8. The highest BCUT2D eigenvalue weighted by molar-refractivity contribution is 8.01. The van der Waals surface area contributed by atoms with Crippen LogP contribution < -0.4 is 0 Å². The van der Waals surface area contributed by atoms with Gasteiger partial charge in [0.1, 0.15) is 0 Å². The first-order chi connectivity index (χ1) is 6.64. The van der Waals surface area contributed by atoms with E-state index in [9.17, 15) is 4.79 Å². The van der Waals surface area contributed by atoms with Gasteiger partial charge in [-0.05, 0) is 41.0 Å². The molecule has 15 heavy (non-hydrogen) atoms. The van der Waals surface area contributed by atoms with Crippen LogP contribution in [0.15, 0.2) is 0 Å². The molecule has 0 saturated carbocycles. The highest BCUT2D eigenvalue weighted by Gasteiger charge is 2.47. The molecule has 1 saturated heterocycles. The van der Waals surface area contributed by atoms with Gasteiger partial charge in [0.15, 0.2) is 0 Å². The van der Waals surface area contributed by atoms with Crippen LogP contribution in [-0.4, -0.2) is 32.8 Å². The molecule has 88 valence electrons. The quantitative estimate of drug-likeness (QED) is 0.812. The molecule has 1 aliphatic heterocycles. The summed E-state index contributed by atoms with van der Waals surface area (Å²) < 4.78 is 5.92. The largest absolute Gasteiger partial charge is 0.480 e. The van der Waals surface area contributed by atoms with Crippen molar-refractivity contribution in [2.45, 2.75) is 62.7 Å². The second kappa shape index (κ2) is 3.98. The van der Waals surface area contributed by atoms with E-state index in [0.717, 1.165) is 6.42 Å². The van der Waals surface area contributed by atoms with Crippen LogP contribution >= 0.6 is 11.8 Å². The molecule has 1 N–H and O–H groups in total. The van der Waals surface area contributed by atoms with Crippen LogP contribution in [0.4, 0.5) is 0 Å². The molecule has 1 fully saturated rings. The molecule has 0 amide bonds. The third-order valence-corrected chi connectivity index (χ3v) is 4.38. The SMILES string of the molecule is CC(SC1CC(C)(C)OC1(C)C)C(=O)O. The molecule has 0 bridgehead atoms. The number of hydrogen-bond donors (Lipinski definition) is 1. The molecule has 0 aliphatic carbocycles. The van der Waals surface area contributed by atoms with Crippen molar-refractivity contribution < 1.29 is 14.6 Å². The number of rotatable bonds is 3. The summed E-state index contributed by atoms with van der Waals surface area (Å²) in [6.07, 6.45) is 0.905. The van der Waals surface area contributed by atoms with E-state index in [1.165, 1.54) is 11.8 Å². The molecule has 1 heterocycles. The van der Waals surface area contributed by atoms with E-state index in [2.05, 4.69) is 13.8 Å². The first-order valence-electron chi connectivity index (χ1n) is 5.22. The maximum atomic E-state index is 10.8. The highest BCUT2D eigenvalue weighted by Crippen LogP contribution is 2.44. The Morgan fingerprint density at radius 2 is 2.00 bits per heavy atom. The fraction of sp³-hybridized carbons (Fsp3) is 0.909. The summed E-state index contributed by atoms with van der Waals surface area (Å²) >= 11 is 1.50. The molecular weight excluding hydrogens is 212 g/mol. The molecule has 2 unspecified atom stereocenters. The van der Waals surface area contributed by atoms with E-state index in [1.807, 2.05) is 13.8 Å². The fourth-order valence-corrected chi connectivity index (χ4v) is 3.51. The van der Waals surface area contributed by atoms with Gasteiger partial charge in [0.25, 0.3) is 0 Å². The van der Waals surface area contributed by atoms with Gasteiger partial charge >= 0.3 is 5.97 Å². The number of ether oxygens (including phenoxy) is 1. The molecular formula is C11H20O3S. The Bertz CT molecular complexity index is 261. The summed E-state index contributed by atoms with van der Waals surface area (Å²) in [6.45, 7) is 9.91. The normalized spacial score (nSPS) is 30.1. The summed E-state index contributed by atoms with van der Waals surface area (Å²) in [5.41, 5.74) is -0.378. The maximum Gasteiger partial charge on any atom is 0.316 e. The molecule has 2 atom stereocenters. The molecule has 1 rings (SSSR count). The second-order valence-corrected chi connectivity index (χ2v) is 6.82. The molecule has 1 aliphatic rings. The summed E-state index contributed by atoms with van der Waals surface area (Å²) in [5.74, 6) is -0.750. The lowest BCUT2D eigenvalue weighted by molar-refractivity contribution is -0.136. The average Bonchev–Trinajstić information content (AvgIpc) is 2.18. The monoisotopic (exact) mass is 232 g/mol. The van der Waals surface area contributed by atoms with Gasteiger partial charge in [0, 0.05) is 5.25 Å². The Morgan fingerprint density at radius 1 is 1.47 bits per heavy atom. The van der Waals surface area contributed by atoms with E-state index in [-0.39, 0.29) is 21.7 Å². The number of thioether (sulfide) groups is 1. The Morgan fingerprint density at radius 3 is 2.33 bits per heavy atom. The van der Waals surface area contributed by atoms with Crippen molar-refractivity contribution in [1.82, 2.24) is 0 Å². The van der Waals surface area contributed by atoms with Crippen LogP contribution in [0, 0.1) is 0 Å². The van der Waals surface area contributed by atoms with Gasteiger partial charge in [-0.25, -0.2) is 0 Å². The van der Waals surface area contributed by atoms with Crippen LogP contribution in [0.25, 0.3) is 0 Å². The summed E-state index contributed by atoms with van der Waals surface area (Å²) in [6, 6.07) is 0. The third-order valence-electron chi connectivity index (χ3n) is 2.71.